The Labute approximate surface area is 163 Å². The Morgan fingerprint density at radius 1 is 1.11 bits per heavy atom. The number of aliphatic hydroxyl groups is 1. The molecule has 0 saturated heterocycles. The summed E-state index contributed by atoms with van der Waals surface area (Å²) >= 11 is 0. The van der Waals surface area contributed by atoms with Crippen molar-refractivity contribution in [3.63, 3.8) is 0 Å². The van der Waals surface area contributed by atoms with Gasteiger partial charge in [0.25, 0.3) is 0 Å². The second-order valence-electron chi connectivity index (χ2n) is 6.55. The van der Waals surface area contributed by atoms with Crippen molar-refractivity contribution >= 4 is 10.9 Å². The number of pyridine rings is 2. The van der Waals surface area contributed by atoms with E-state index >= 15 is 0 Å². The number of hydrogen-bond acceptors (Lipinski definition) is 5. The molecule has 3 N–H and O–H groups in total. The molecule has 3 aromatic heterocycles. The van der Waals surface area contributed by atoms with Gasteiger partial charge in [0.1, 0.15) is 0 Å². The van der Waals surface area contributed by atoms with Crippen LogP contribution in [0.5, 0.6) is 0 Å². The Morgan fingerprint density at radius 2 is 1.96 bits per heavy atom. The third-order valence-corrected chi connectivity index (χ3v) is 4.61. The van der Waals surface area contributed by atoms with Gasteiger partial charge in [0, 0.05) is 10.9 Å². The molecule has 3 heterocycles. The molecule has 6 heteroatoms. The van der Waals surface area contributed by atoms with E-state index in [9.17, 15) is 5.11 Å². The number of aliphatic hydroxyl groups excluding tert-OH is 1. The summed E-state index contributed by atoms with van der Waals surface area (Å²) in [5, 5.41) is 14.8. The minimum absolute atomic E-state index is 0.111. The fraction of sp³-hybridized carbons (Fsp3) is 0.136. The predicted octanol–water partition coefficient (Wildman–Crippen LogP) is 3.55. The predicted molar refractivity (Wildman–Crippen MR) is 110 cm³/mol. The summed E-state index contributed by atoms with van der Waals surface area (Å²) in [5.74, 6) is 0.661. The molecule has 4 aromatic rings. The molecular formula is C22H21N5O. The summed E-state index contributed by atoms with van der Waals surface area (Å²) in [6.45, 7) is 3.64. The van der Waals surface area contributed by atoms with Crippen LogP contribution in [0.3, 0.4) is 0 Å². The summed E-state index contributed by atoms with van der Waals surface area (Å²) < 4.78 is 1.77. The van der Waals surface area contributed by atoms with E-state index in [-0.39, 0.29) is 12.6 Å². The fourth-order valence-corrected chi connectivity index (χ4v) is 3.15. The Kier molecular flexibility index (Phi) is 4.97. The summed E-state index contributed by atoms with van der Waals surface area (Å²) in [6.07, 6.45) is 4.28. The van der Waals surface area contributed by atoms with Crippen LogP contribution >= 0.6 is 0 Å². The highest BCUT2D eigenvalue weighted by molar-refractivity contribution is 5.84. The summed E-state index contributed by atoms with van der Waals surface area (Å²) in [7, 11) is 0. The van der Waals surface area contributed by atoms with Gasteiger partial charge in [-0.25, -0.2) is 9.67 Å². The quantitative estimate of drug-likeness (QED) is 0.506. The normalized spacial score (nSPS) is 12.2. The highest BCUT2D eigenvalue weighted by Gasteiger charge is 2.11. The maximum atomic E-state index is 9.36. The molecule has 0 fully saturated rings. The van der Waals surface area contributed by atoms with Crippen molar-refractivity contribution in [3.05, 3.63) is 84.8 Å². The Balaban J connectivity index is 1.78. The first-order valence-electron chi connectivity index (χ1n) is 9.08. The summed E-state index contributed by atoms with van der Waals surface area (Å²) in [5.41, 5.74) is 10.4. The molecule has 6 nitrogen and oxygen atoms in total. The lowest BCUT2D eigenvalue weighted by Crippen LogP contribution is -2.11. The zero-order valence-corrected chi connectivity index (χ0v) is 15.4. The molecule has 1 atom stereocenters. The highest BCUT2D eigenvalue weighted by atomic mass is 16.3. The largest absolute Gasteiger partial charge is 0.390 e. The Bertz CT molecular complexity index is 1130. The van der Waals surface area contributed by atoms with Crippen LogP contribution in [-0.2, 0) is 6.61 Å². The van der Waals surface area contributed by atoms with Crippen molar-refractivity contribution in [2.75, 3.05) is 0 Å². The number of hydrogen-bond donors (Lipinski definition) is 2. The minimum atomic E-state index is -0.169. The number of fused-ring (bicyclic) bond motifs is 1. The van der Waals surface area contributed by atoms with Gasteiger partial charge in [0.05, 0.1) is 41.4 Å². The third-order valence-electron chi connectivity index (χ3n) is 4.61. The topological polar surface area (TPSA) is 89.8 Å². The Hall–Kier alpha value is -3.35. The SMILES string of the molecule is C=CCC(N)c1cccc(-c2ccc3cnn(-c4cccc(CO)n4)c3c2)n1. The molecule has 0 saturated carbocycles. The third kappa shape index (κ3) is 3.43. The molecule has 1 aromatic carbocycles. The first-order chi connectivity index (χ1) is 13.7. The lowest BCUT2D eigenvalue weighted by Gasteiger charge is -2.11. The standard InChI is InChI=1S/C22H21N5O/c1-2-5-18(23)20-8-4-7-19(26-20)15-10-11-16-13-24-27(21(16)12-15)22-9-3-6-17(14-28)25-22/h2-4,6-13,18,28H,1,5,14,23H2. The monoisotopic (exact) mass is 371 g/mol. The van der Waals surface area contributed by atoms with Crippen molar-refractivity contribution < 1.29 is 5.11 Å². The van der Waals surface area contributed by atoms with Crippen molar-refractivity contribution in [1.82, 2.24) is 19.7 Å². The molecule has 0 radical (unpaired) electrons. The lowest BCUT2D eigenvalue weighted by molar-refractivity contribution is 0.276. The zero-order valence-electron chi connectivity index (χ0n) is 15.4. The van der Waals surface area contributed by atoms with E-state index in [0.717, 1.165) is 27.9 Å². The molecule has 0 aliphatic carbocycles. The first-order valence-corrected chi connectivity index (χ1v) is 9.08. The average molecular weight is 371 g/mol. The van der Waals surface area contributed by atoms with Gasteiger partial charge in [-0.1, -0.05) is 30.3 Å². The van der Waals surface area contributed by atoms with Gasteiger partial charge in [-0.15, -0.1) is 6.58 Å². The number of nitrogens with two attached hydrogens (primary N) is 1. The number of rotatable bonds is 6. The van der Waals surface area contributed by atoms with E-state index in [1.807, 2.05) is 48.5 Å². The van der Waals surface area contributed by atoms with Crippen molar-refractivity contribution in [2.24, 2.45) is 5.73 Å². The molecule has 4 rings (SSSR count). The van der Waals surface area contributed by atoms with Crippen LogP contribution < -0.4 is 5.73 Å². The molecule has 0 aliphatic heterocycles. The van der Waals surface area contributed by atoms with E-state index in [1.165, 1.54) is 0 Å². The number of benzene rings is 1. The van der Waals surface area contributed by atoms with Crippen LogP contribution in [0, 0.1) is 0 Å². The molecule has 1 unspecified atom stereocenters. The van der Waals surface area contributed by atoms with Crippen molar-refractivity contribution in [1.29, 1.82) is 0 Å². The van der Waals surface area contributed by atoms with Crippen LogP contribution in [0.2, 0.25) is 0 Å². The van der Waals surface area contributed by atoms with E-state index < -0.39 is 0 Å². The zero-order chi connectivity index (χ0) is 19.5. The molecule has 0 bridgehead atoms. The average Bonchev–Trinajstić information content (AvgIpc) is 3.17. The first kappa shape index (κ1) is 18.0. The minimum Gasteiger partial charge on any atom is -0.390 e. The Morgan fingerprint density at radius 3 is 2.79 bits per heavy atom. The van der Waals surface area contributed by atoms with E-state index in [2.05, 4.69) is 16.7 Å². The van der Waals surface area contributed by atoms with Gasteiger partial charge in [-0.3, -0.25) is 4.98 Å². The highest BCUT2D eigenvalue weighted by Crippen LogP contribution is 2.26. The van der Waals surface area contributed by atoms with Gasteiger partial charge < -0.3 is 10.8 Å². The van der Waals surface area contributed by atoms with E-state index in [4.69, 9.17) is 10.7 Å². The van der Waals surface area contributed by atoms with Gasteiger partial charge in [0.2, 0.25) is 0 Å². The van der Waals surface area contributed by atoms with E-state index in [0.29, 0.717) is 17.9 Å². The van der Waals surface area contributed by atoms with Gasteiger partial charge in [-0.05, 0) is 36.8 Å². The van der Waals surface area contributed by atoms with Gasteiger partial charge >= 0.3 is 0 Å². The maximum Gasteiger partial charge on any atom is 0.154 e. The van der Waals surface area contributed by atoms with Crippen LogP contribution in [0.4, 0.5) is 0 Å². The molecular weight excluding hydrogens is 350 g/mol. The van der Waals surface area contributed by atoms with Gasteiger partial charge in [-0.2, -0.15) is 5.10 Å². The van der Waals surface area contributed by atoms with Crippen LogP contribution in [0.25, 0.3) is 28.0 Å². The van der Waals surface area contributed by atoms with Crippen LogP contribution in [-0.4, -0.2) is 24.9 Å². The molecule has 0 amide bonds. The fourth-order valence-electron chi connectivity index (χ4n) is 3.15. The van der Waals surface area contributed by atoms with Crippen LogP contribution in [0.1, 0.15) is 23.9 Å². The van der Waals surface area contributed by atoms with Gasteiger partial charge in [0.15, 0.2) is 5.82 Å². The second-order valence-corrected chi connectivity index (χ2v) is 6.55. The summed E-state index contributed by atoms with van der Waals surface area (Å²) in [4.78, 5) is 9.18. The second kappa shape index (κ2) is 7.72. The molecule has 0 aliphatic rings. The molecule has 0 spiro atoms. The number of aromatic nitrogens is 4. The van der Waals surface area contributed by atoms with Crippen molar-refractivity contribution in [2.45, 2.75) is 19.1 Å². The number of nitrogens with zero attached hydrogens (tertiary/aromatic N) is 4. The lowest BCUT2D eigenvalue weighted by atomic mass is 10.1. The molecule has 140 valence electrons. The molecule has 28 heavy (non-hydrogen) atoms. The van der Waals surface area contributed by atoms with E-state index in [1.54, 1.807) is 23.0 Å². The van der Waals surface area contributed by atoms with Crippen LogP contribution in [0.15, 0.2) is 73.4 Å². The summed E-state index contributed by atoms with van der Waals surface area (Å²) in [6, 6.07) is 17.3. The maximum absolute atomic E-state index is 9.36. The smallest absolute Gasteiger partial charge is 0.154 e. The van der Waals surface area contributed by atoms with Crippen molar-refractivity contribution in [3.8, 4) is 17.1 Å².